The van der Waals surface area contributed by atoms with Crippen molar-refractivity contribution in [1.82, 2.24) is 0 Å². The largest absolute Gasteiger partial charge is 0.447 e. The first kappa shape index (κ1) is 14.8. The molecule has 5 nitrogen and oxygen atoms in total. The lowest BCUT2D eigenvalue weighted by Gasteiger charge is -2.16. The Bertz CT molecular complexity index is 519. The first-order valence-electron chi connectivity index (χ1n) is 6.48. The van der Waals surface area contributed by atoms with Crippen molar-refractivity contribution >= 4 is 39.3 Å². The molecule has 0 saturated carbocycles. The first-order valence-corrected chi connectivity index (χ1v) is 7.40. The molecule has 0 bridgehead atoms. The molecule has 2 rings (SSSR count). The summed E-state index contributed by atoms with van der Waals surface area (Å²) in [7, 11) is 0. The number of nitrogens with one attached hydrogen (secondary N) is 1. The number of amides is 2. The van der Waals surface area contributed by atoms with Gasteiger partial charge in [0.15, 0.2) is 0 Å². The summed E-state index contributed by atoms with van der Waals surface area (Å²) in [5.41, 5.74) is 1.39. The van der Waals surface area contributed by atoms with Crippen LogP contribution in [0.2, 0.25) is 0 Å². The van der Waals surface area contributed by atoms with Crippen LogP contribution in [0.5, 0.6) is 0 Å². The first-order chi connectivity index (χ1) is 9.49. The Labute approximate surface area is 126 Å². The predicted octanol–water partition coefficient (Wildman–Crippen LogP) is 3.00. The Balaban J connectivity index is 2.10. The topological polar surface area (TPSA) is 58.6 Å². The minimum atomic E-state index is -0.353. The zero-order valence-corrected chi connectivity index (χ0v) is 13.0. The highest BCUT2D eigenvalue weighted by Gasteiger charge is 2.24. The maximum Gasteiger partial charge on any atom is 0.414 e. The summed E-state index contributed by atoms with van der Waals surface area (Å²) in [5, 5.41) is 2.84. The summed E-state index contributed by atoms with van der Waals surface area (Å²) in [6.07, 6.45) is -0.353. The van der Waals surface area contributed by atoms with E-state index in [0.29, 0.717) is 18.8 Å². The van der Waals surface area contributed by atoms with Crippen molar-refractivity contribution < 1.29 is 14.3 Å². The van der Waals surface area contributed by atoms with Crippen LogP contribution in [0.4, 0.5) is 16.2 Å². The summed E-state index contributed by atoms with van der Waals surface area (Å²) in [6.45, 7) is 4.86. The number of hydrogen-bond acceptors (Lipinski definition) is 3. The molecule has 0 spiro atoms. The van der Waals surface area contributed by atoms with Crippen molar-refractivity contribution in [2.75, 3.05) is 23.4 Å². The molecule has 1 saturated heterocycles. The van der Waals surface area contributed by atoms with Crippen LogP contribution in [-0.4, -0.2) is 30.0 Å². The number of hydrogen-bond donors (Lipinski definition) is 1. The summed E-state index contributed by atoms with van der Waals surface area (Å²) in [4.78, 5) is 24.8. The fourth-order valence-corrected chi connectivity index (χ4v) is 2.01. The third-order valence-electron chi connectivity index (χ3n) is 3.02. The van der Waals surface area contributed by atoms with Gasteiger partial charge in [-0.05, 0) is 24.1 Å². The van der Waals surface area contributed by atoms with Crippen LogP contribution < -0.4 is 10.2 Å². The molecule has 1 fully saturated rings. The van der Waals surface area contributed by atoms with Crippen LogP contribution in [0.15, 0.2) is 24.3 Å². The van der Waals surface area contributed by atoms with Crippen LogP contribution in [0.25, 0.3) is 0 Å². The van der Waals surface area contributed by atoms with E-state index in [2.05, 4.69) is 21.2 Å². The van der Waals surface area contributed by atoms with Crippen LogP contribution in [-0.2, 0) is 9.53 Å². The van der Waals surface area contributed by atoms with Crippen LogP contribution >= 0.6 is 15.9 Å². The molecular weight excluding hydrogens is 324 g/mol. The second-order valence-corrected chi connectivity index (χ2v) is 5.94. The quantitative estimate of drug-likeness (QED) is 0.857. The van der Waals surface area contributed by atoms with Gasteiger partial charge in [0.2, 0.25) is 5.91 Å². The minimum Gasteiger partial charge on any atom is -0.447 e. The molecule has 0 radical (unpaired) electrons. The molecule has 2 amide bonds. The molecule has 1 aliphatic heterocycles. The number of anilines is 2. The molecule has 6 heteroatoms. The van der Waals surface area contributed by atoms with E-state index < -0.39 is 0 Å². The lowest BCUT2D eigenvalue weighted by atomic mass is 10.1. The Morgan fingerprint density at radius 3 is 2.80 bits per heavy atom. The number of rotatable bonds is 4. The SMILES string of the molecule is CC(C)C(Br)C(=O)Nc1cccc(N2CCOC2=O)c1. The highest BCUT2D eigenvalue weighted by atomic mass is 79.9. The Morgan fingerprint density at radius 1 is 1.45 bits per heavy atom. The maximum atomic E-state index is 12.0. The molecule has 1 N–H and O–H groups in total. The minimum absolute atomic E-state index is 0.0962. The van der Waals surface area contributed by atoms with Crippen LogP contribution in [0.3, 0.4) is 0 Å². The highest BCUT2D eigenvalue weighted by molar-refractivity contribution is 9.10. The molecule has 1 heterocycles. The van der Waals surface area contributed by atoms with E-state index >= 15 is 0 Å². The van der Waals surface area contributed by atoms with Gasteiger partial charge >= 0.3 is 6.09 Å². The van der Waals surface area contributed by atoms with Crippen molar-refractivity contribution in [1.29, 1.82) is 0 Å². The van der Waals surface area contributed by atoms with Gasteiger partial charge in [-0.15, -0.1) is 0 Å². The second-order valence-electron chi connectivity index (χ2n) is 4.95. The zero-order valence-electron chi connectivity index (χ0n) is 11.4. The molecule has 1 aliphatic rings. The molecule has 1 atom stereocenters. The van der Waals surface area contributed by atoms with E-state index in [4.69, 9.17) is 4.74 Å². The standard InChI is InChI=1S/C14H17BrN2O3/c1-9(2)12(15)13(18)16-10-4-3-5-11(8-10)17-6-7-20-14(17)19/h3-5,8-9,12H,6-7H2,1-2H3,(H,16,18). The van der Waals surface area contributed by atoms with E-state index in [0.717, 1.165) is 5.69 Å². The molecule has 1 aromatic rings. The number of benzene rings is 1. The van der Waals surface area contributed by atoms with Gasteiger partial charge in [0.05, 0.1) is 11.4 Å². The van der Waals surface area contributed by atoms with Crippen LogP contribution in [0.1, 0.15) is 13.8 Å². The number of nitrogens with zero attached hydrogens (tertiary/aromatic N) is 1. The van der Waals surface area contributed by atoms with Crippen molar-refractivity contribution in [3.8, 4) is 0 Å². The lowest BCUT2D eigenvalue weighted by molar-refractivity contribution is -0.116. The Morgan fingerprint density at radius 2 is 2.20 bits per heavy atom. The zero-order chi connectivity index (χ0) is 14.7. The predicted molar refractivity (Wildman–Crippen MR) is 81.3 cm³/mol. The normalized spacial score (nSPS) is 16.2. The molecule has 0 aromatic heterocycles. The molecule has 108 valence electrons. The highest BCUT2D eigenvalue weighted by Crippen LogP contribution is 2.23. The number of ether oxygens (including phenoxy) is 1. The fourth-order valence-electron chi connectivity index (χ4n) is 1.89. The number of carbonyl (C=O) groups excluding carboxylic acids is 2. The maximum absolute atomic E-state index is 12.0. The van der Waals surface area contributed by atoms with Gasteiger partial charge in [-0.1, -0.05) is 35.8 Å². The third kappa shape index (κ3) is 3.30. The third-order valence-corrected chi connectivity index (χ3v) is 4.50. The summed E-state index contributed by atoms with van der Waals surface area (Å²) >= 11 is 3.36. The van der Waals surface area contributed by atoms with Gasteiger partial charge in [0, 0.05) is 11.4 Å². The summed E-state index contributed by atoms with van der Waals surface area (Å²) in [6, 6.07) is 7.18. The number of halogens is 1. The molecule has 0 aliphatic carbocycles. The van der Waals surface area contributed by atoms with Gasteiger partial charge in [-0.3, -0.25) is 9.69 Å². The van der Waals surface area contributed by atoms with Crippen molar-refractivity contribution in [2.24, 2.45) is 5.92 Å². The Hall–Kier alpha value is -1.56. The van der Waals surface area contributed by atoms with E-state index in [9.17, 15) is 9.59 Å². The average molecular weight is 341 g/mol. The van der Waals surface area contributed by atoms with Crippen molar-refractivity contribution in [3.63, 3.8) is 0 Å². The van der Waals surface area contributed by atoms with Crippen molar-refractivity contribution in [3.05, 3.63) is 24.3 Å². The van der Waals surface area contributed by atoms with Gasteiger partial charge in [-0.2, -0.15) is 0 Å². The molecule has 20 heavy (non-hydrogen) atoms. The van der Waals surface area contributed by atoms with Gasteiger partial charge in [0.25, 0.3) is 0 Å². The van der Waals surface area contributed by atoms with Gasteiger partial charge < -0.3 is 10.1 Å². The van der Waals surface area contributed by atoms with Gasteiger partial charge in [-0.25, -0.2) is 4.79 Å². The van der Waals surface area contributed by atoms with Gasteiger partial charge in [0.1, 0.15) is 6.61 Å². The van der Waals surface area contributed by atoms with Crippen molar-refractivity contribution in [2.45, 2.75) is 18.7 Å². The van der Waals surface area contributed by atoms with Crippen LogP contribution in [0, 0.1) is 5.92 Å². The summed E-state index contributed by atoms with van der Waals surface area (Å²) < 4.78 is 4.90. The Kier molecular flexibility index (Phi) is 4.65. The smallest absolute Gasteiger partial charge is 0.414 e. The molecule has 1 unspecified atom stereocenters. The summed E-state index contributed by atoms with van der Waals surface area (Å²) in [5.74, 6) is 0.105. The van der Waals surface area contributed by atoms with E-state index in [1.54, 1.807) is 23.1 Å². The molecular formula is C14H17BrN2O3. The number of carbonyl (C=O) groups is 2. The van der Waals surface area contributed by atoms with E-state index in [1.165, 1.54) is 0 Å². The lowest BCUT2D eigenvalue weighted by Crippen LogP contribution is -2.27. The number of alkyl halides is 1. The monoisotopic (exact) mass is 340 g/mol. The fraction of sp³-hybridized carbons (Fsp3) is 0.429. The second kappa shape index (κ2) is 6.26. The van der Waals surface area contributed by atoms with E-state index in [1.807, 2.05) is 19.9 Å². The molecule has 1 aromatic carbocycles. The average Bonchev–Trinajstić information content (AvgIpc) is 2.84. The van der Waals surface area contributed by atoms with E-state index in [-0.39, 0.29) is 22.7 Å². The number of cyclic esters (lactones) is 1.